The van der Waals surface area contributed by atoms with Crippen LogP contribution in [0.25, 0.3) is 0 Å². The van der Waals surface area contributed by atoms with Gasteiger partial charge < -0.3 is 10.1 Å². The summed E-state index contributed by atoms with van der Waals surface area (Å²) in [4.78, 5) is 1.23. The van der Waals surface area contributed by atoms with Gasteiger partial charge in [0.1, 0.15) is 0 Å². The van der Waals surface area contributed by atoms with Gasteiger partial charge in [-0.25, -0.2) is 0 Å². The average Bonchev–Trinajstić information content (AvgIpc) is 2.31. The molecule has 0 radical (unpaired) electrons. The van der Waals surface area contributed by atoms with Crippen LogP contribution in [0.5, 0.6) is 0 Å². The van der Waals surface area contributed by atoms with E-state index in [1.54, 1.807) is 11.8 Å². The van der Waals surface area contributed by atoms with E-state index in [2.05, 4.69) is 17.6 Å². The molecule has 4 heteroatoms. The second-order valence-electron chi connectivity index (χ2n) is 3.45. The van der Waals surface area contributed by atoms with E-state index in [9.17, 15) is 0 Å². The van der Waals surface area contributed by atoms with E-state index in [0.717, 1.165) is 30.3 Å². The number of hydrogen-bond acceptors (Lipinski definition) is 3. The first-order valence-corrected chi connectivity index (χ1v) is 6.57. The Bertz CT molecular complexity index is 339. The Hall–Kier alpha value is -0.220. The number of ether oxygens (including phenoxy) is 1. The van der Waals surface area contributed by atoms with Gasteiger partial charge in [0, 0.05) is 28.6 Å². The Morgan fingerprint density at radius 2 is 2.40 bits per heavy atom. The van der Waals surface area contributed by atoms with E-state index < -0.39 is 0 Å². The lowest BCUT2D eigenvalue weighted by molar-refractivity contribution is 0.0276. The summed E-state index contributed by atoms with van der Waals surface area (Å²) in [5.74, 6) is 0. The zero-order chi connectivity index (χ0) is 10.7. The molecule has 1 heterocycles. The van der Waals surface area contributed by atoms with Crippen LogP contribution in [0.15, 0.2) is 23.1 Å². The standard InChI is InChI=1S/C11H14ClNOS/c1-15-8-2-3-10(12)9(6-8)11-7-13-4-5-14-11/h2-3,6,11,13H,4-5,7H2,1H3. The number of hydrogen-bond donors (Lipinski definition) is 1. The van der Waals surface area contributed by atoms with E-state index >= 15 is 0 Å². The summed E-state index contributed by atoms with van der Waals surface area (Å²) >= 11 is 7.89. The highest BCUT2D eigenvalue weighted by Crippen LogP contribution is 2.30. The van der Waals surface area contributed by atoms with Gasteiger partial charge in [-0.1, -0.05) is 11.6 Å². The molecule has 1 aliphatic heterocycles. The van der Waals surface area contributed by atoms with E-state index in [4.69, 9.17) is 16.3 Å². The molecule has 0 saturated carbocycles. The third kappa shape index (κ3) is 2.67. The predicted octanol–water partition coefficient (Wildman–Crippen LogP) is 2.72. The quantitative estimate of drug-likeness (QED) is 0.808. The summed E-state index contributed by atoms with van der Waals surface area (Å²) in [5, 5.41) is 4.10. The van der Waals surface area contributed by atoms with Crippen molar-refractivity contribution < 1.29 is 4.74 Å². The molecule has 0 aliphatic carbocycles. The molecule has 1 atom stereocenters. The molecule has 0 bridgehead atoms. The maximum Gasteiger partial charge on any atom is 0.0964 e. The minimum absolute atomic E-state index is 0.0957. The second kappa shape index (κ2) is 5.21. The number of benzene rings is 1. The highest BCUT2D eigenvalue weighted by molar-refractivity contribution is 7.98. The molecular formula is C11H14ClNOS. The monoisotopic (exact) mass is 243 g/mol. The molecule has 1 fully saturated rings. The summed E-state index contributed by atoms with van der Waals surface area (Å²) in [6.45, 7) is 2.53. The fourth-order valence-corrected chi connectivity index (χ4v) is 2.35. The van der Waals surface area contributed by atoms with Crippen LogP contribution in [-0.4, -0.2) is 26.0 Å². The Morgan fingerprint density at radius 1 is 1.53 bits per heavy atom. The van der Waals surface area contributed by atoms with Gasteiger partial charge in [-0.3, -0.25) is 0 Å². The molecule has 0 aromatic heterocycles. The van der Waals surface area contributed by atoms with Gasteiger partial charge in [0.05, 0.1) is 12.7 Å². The SMILES string of the molecule is CSc1ccc(Cl)c(C2CNCCO2)c1. The number of thioether (sulfide) groups is 1. The lowest BCUT2D eigenvalue weighted by Gasteiger charge is -2.25. The predicted molar refractivity (Wildman–Crippen MR) is 64.8 cm³/mol. The summed E-state index contributed by atoms with van der Waals surface area (Å²) in [5.41, 5.74) is 1.09. The fourth-order valence-electron chi connectivity index (χ4n) is 1.66. The lowest BCUT2D eigenvalue weighted by Crippen LogP contribution is -2.33. The Balaban J connectivity index is 2.24. The van der Waals surface area contributed by atoms with Gasteiger partial charge in [-0.2, -0.15) is 0 Å². The minimum atomic E-state index is 0.0957. The molecule has 2 nitrogen and oxygen atoms in total. The maximum atomic E-state index is 6.17. The maximum absolute atomic E-state index is 6.17. The zero-order valence-corrected chi connectivity index (χ0v) is 10.2. The van der Waals surface area contributed by atoms with Crippen LogP contribution < -0.4 is 5.32 Å². The van der Waals surface area contributed by atoms with Crippen molar-refractivity contribution in [3.63, 3.8) is 0 Å². The summed E-state index contributed by atoms with van der Waals surface area (Å²) < 4.78 is 5.69. The molecule has 0 spiro atoms. The van der Waals surface area contributed by atoms with Crippen LogP contribution in [0.1, 0.15) is 11.7 Å². The molecular weight excluding hydrogens is 230 g/mol. The van der Waals surface area contributed by atoms with Crippen LogP contribution >= 0.6 is 23.4 Å². The molecule has 82 valence electrons. The highest BCUT2D eigenvalue weighted by atomic mass is 35.5. The number of rotatable bonds is 2. The van der Waals surface area contributed by atoms with Crippen molar-refractivity contribution in [2.24, 2.45) is 0 Å². The van der Waals surface area contributed by atoms with Crippen molar-refractivity contribution in [1.82, 2.24) is 5.32 Å². The fraction of sp³-hybridized carbons (Fsp3) is 0.455. The van der Waals surface area contributed by atoms with Gasteiger partial charge in [0.15, 0.2) is 0 Å². The van der Waals surface area contributed by atoms with Crippen molar-refractivity contribution in [1.29, 1.82) is 0 Å². The zero-order valence-electron chi connectivity index (χ0n) is 8.63. The summed E-state index contributed by atoms with van der Waals surface area (Å²) in [6.07, 6.45) is 2.16. The minimum Gasteiger partial charge on any atom is -0.371 e. The van der Waals surface area contributed by atoms with Crippen LogP contribution in [0.3, 0.4) is 0 Å². The first-order chi connectivity index (χ1) is 7.31. The van der Waals surface area contributed by atoms with Crippen molar-refractivity contribution in [3.8, 4) is 0 Å². The van der Waals surface area contributed by atoms with Gasteiger partial charge in [0.25, 0.3) is 0 Å². The molecule has 2 rings (SSSR count). The van der Waals surface area contributed by atoms with E-state index in [1.165, 1.54) is 4.90 Å². The normalized spacial score (nSPS) is 21.6. The Kier molecular flexibility index (Phi) is 3.92. The average molecular weight is 244 g/mol. The molecule has 1 unspecified atom stereocenters. The van der Waals surface area contributed by atoms with Crippen molar-refractivity contribution >= 4 is 23.4 Å². The second-order valence-corrected chi connectivity index (χ2v) is 4.74. The largest absolute Gasteiger partial charge is 0.371 e. The molecule has 15 heavy (non-hydrogen) atoms. The Morgan fingerprint density at radius 3 is 3.07 bits per heavy atom. The van der Waals surface area contributed by atoms with Crippen molar-refractivity contribution in [2.75, 3.05) is 26.0 Å². The van der Waals surface area contributed by atoms with E-state index in [0.29, 0.717) is 0 Å². The topological polar surface area (TPSA) is 21.3 Å². The van der Waals surface area contributed by atoms with Gasteiger partial charge >= 0.3 is 0 Å². The molecule has 1 aromatic carbocycles. The lowest BCUT2D eigenvalue weighted by atomic mass is 10.1. The van der Waals surface area contributed by atoms with Crippen LogP contribution in [-0.2, 0) is 4.74 Å². The summed E-state index contributed by atoms with van der Waals surface area (Å²) in [7, 11) is 0. The molecule has 0 amide bonds. The third-order valence-corrected chi connectivity index (χ3v) is 3.55. The van der Waals surface area contributed by atoms with Crippen molar-refractivity contribution in [3.05, 3.63) is 28.8 Å². The first-order valence-electron chi connectivity index (χ1n) is 4.97. The van der Waals surface area contributed by atoms with Gasteiger partial charge in [-0.15, -0.1) is 11.8 Å². The van der Waals surface area contributed by atoms with Gasteiger partial charge in [-0.05, 0) is 24.5 Å². The molecule has 1 N–H and O–H groups in total. The molecule has 1 aromatic rings. The molecule has 1 aliphatic rings. The Labute approximate surface area is 99.3 Å². The highest BCUT2D eigenvalue weighted by Gasteiger charge is 2.18. The van der Waals surface area contributed by atoms with Crippen molar-refractivity contribution in [2.45, 2.75) is 11.0 Å². The van der Waals surface area contributed by atoms with Crippen LogP contribution in [0.4, 0.5) is 0 Å². The van der Waals surface area contributed by atoms with E-state index in [-0.39, 0.29) is 6.10 Å². The van der Waals surface area contributed by atoms with Gasteiger partial charge in [0.2, 0.25) is 0 Å². The number of halogens is 1. The van der Waals surface area contributed by atoms with Crippen LogP contribution in [0, 0.1) is 0 Å². The first kappa shape index (κ1) is 11.3. The summed E-state index contributed by atoms with van der Waals surface area (Å²) in [6, 6.07) is 6.10. The smallest absolute Gasteiger partial charge is 0.0964 e. The van der Waals surface area contributed by atoms with Crippen LogP contribution in [0.2, 0.25) is 5.02 Å². The number of morpholine rings is 1. The third-order valence-electron chi connectivity index (χ3n) is 2.48. The number of nitrogens with one attached hydrogen (secondary N) is 1. The van der Waals surface area contributed by atoms with E-state index in [1.807, 2.05) is 12.1 Å². The molecule has 1 saturated heterocycles.